The largest absolute Gasteiger partial charge is 0.493 e. The Kier molecular flexibility index (Phi) is 9.31. The fourth-order valence-corrected chi connectivity index (χ4v) is 3.99. The van der Waals surface area contributed by atoms with Crippen molar-refractivity contribution in [2.75, 3.05) is 31.7 Å². The third-order valence-electron chi connectivity index (χ3n) is 6.51. The molecule has 0 aliphatic carbocycles. The van der Waals surface area contributed by atoms with Gasteiger partial charge in [-0.05, 0) is 62.9 Å². The molecule has 4 N–H and O–H groups in total. The van der Waals surface area contributed by atoms with Crippen molar-refractivity contribution >= 4 is 17.4 Å². The highest BCUT2D eigenvalue weighted by atomic mass is 16.8. The van der Waals surface area contributed by atoms with Crippen LogP contribution < -0.4 is 21.3 Å². The van der Waals surface area contributed by atoms with E-state index in [1.54, 1.807) is 5.01 Å². The Bertz CT molecular complexity index is 983. The summed E-state index contributed by atoms with van der Waals surface area (Å²) in [4.78, 5) is 19.1. The highest BCUT2D eigenvalue weighted by molar-refractivity contribution is 6.15. The maximum absolute atomic E-state index is 13.4. The highest BCUT2D eigenvalue weighted by Crippen LogP contribution is 2.31. The van der Waals surface area contributed by atoms with Gasteiger partial charge in [-0.3, -0.25) is 4.79 Å². The first-order chi connectivity index (χ1) is 16.8. The average molecular weight is 485 g/mol. The monoisotopic (exact) mass is 484 g/mol. The molecule has 1 unspecified atom stereocenters. The normalized spacial score (nSPS) is 19.0. The van der Waals surface area contributed by atoms with Crippen LogP contribution in [-0.2, 0) is 9.73 Å². The summed E-state index contributed by atoms with van der Waals surface area (Å²) in [7, 11) is 0. The molecule has 35 heavy (non-hydrogen) atoms. The highest BCUT2D eigenvalue weighted by Gasteiger charge is 2.31. The van der Waals surface area contributed by atoms with Gasteiger partial charge in [0.2, 0.25) is 0 Å². The van der Waals surface area contributed by atoms with Crippen molar-refractivity contribution < 1.29 is 14.5 Å². The van der Waals surface area contributed by atoms with E-state index in [0.29, 0.717) is 47.6 Å². The molecule has 1 saturated heterocycles. The van der Waals surface area contributed by atoms with Crippen LogP contribution in [0, 0.1) is 11.8 Å². The lowest BCUT2D eigenvalue weighted by Crippen LogP contribution is -2.50. The van der Waals surface area contributed by atoms with Crippen LogP contribution in [0.4, 0.5) is 5.69 Å². The zero-order valence-corrected chi connectivity index (χ0v) is 21.7. The summed E-state index contributed by atoms with van der Waals surface area (Å²) in [6, 6.07) is 5.58. The van der Waals surface area contributed by atoms with Gasteiger partial charge in [0.15, 0.2) is 5.84 Å². The van der Waals surface area contributed by atoms with Crippen LogP contribution in [-0.4, -0.2) is 48.1 Å². The molecule has 0 bridgehead atoms. The van der Waals surface area contributed by atoms with Gasteiger partial charge < -0.3 is 15.8 Å². The van der Waals surface area contributed by atoms with Gasteiger partial charge in [-0.15, -0.1) is 5.10 Å². The third kappa shape index (κ3) is 6.22. The first kappa shape index (κ1) is 26.7. The van der Waals surface area contributed by atoms with E-state index in [1.807, 2.05) is 37.1 Å². The van der Waals surface area contributed by atoms with Crippen LogP contribution >= 0.6 is 0 Å². The molecule has 2 aliphatic heterocycles. The number of amides is 1. The van der Waals surface area contributed by atoms with Gasteiger partial charge in [0.1, 0.15) is 11.4 Å². The summed E-state index contributed by atoms with van der Waals surface area (Å²) in [5.41, 5.74) is 12.4. The average Bonchev–Trinajstić information content (AvgIpc) is 2.82. The third-order valence-corrected chi connectivity index (χ3v) is 6.51. The van der Waals surface area contributed by atoms with E-state index in [0.717, 1.165) is 43.6 Å². The molecule has 1 amide bonds. The minimum Gasteiger partial charge on any atom is -0.493 e. The van der Waals surface area contributed by atoms with E-state index in [9.17, 15) is 4.79 Å². The van der Waals surface area contributed by atoms with Crippen LogP contribution in [0.15, 0.2) is 46.8 Å². The van der Waals surface area contributed by atoms with E-state index in [4.69, 9.17) is 20.5 Å². The van der Waals surface area contributed by atoms with Crippen molar-refractivity contribution in [3.05, 3.63) is 47.3 Å². The van der Waals surface area contributed by atoms with Gasteiger partial charge in [-0.2, -0.15) is 10.0 Å². The Morgan fingerprint density at radius 3 is 2.71 bits per heavy atom. The van der Waals surface area contributed by atoms with Gasteiger partial charge in [0.25, 0.3) is 5.91 Å². The number of hydrazone groups is 1. The van der Waals surface area contributed by atoms with Gasteiger partial charge in [-0.25, -0.2) is 10.5 Å². The second kappa shape index (κ2) is 12.2. The summed E-state index contributed by atoms with van der Waals surface area (Å²) in [5.74, 6) is 1.54. The standard InChI is InChI=1S/C26H40N6O3/c1-7-10-18(5)32-24(19(6)17(4)8-2)26(33)28-25(29-32)22-13-21(11-12-23(22)34-9-3)30-35-31-15-20(14-27)16-31/h11-13,17,20,30H,5,7-10,14-16,27H2,1-4,6H3,(H,28,29,33)/b24-19-. The predicted octanol–water partition coefficient (Wildman–Crippen LogP) is 3.96. The lowest BCUT2D eigenvalue weighted by molar-refractivity contribution is -0.196. The molecule has 0 radical (unpaired) electrons. The van der Waals surface area contributed by atoms with E-state index >= 15 is 0 Å². The number of allylic oxidation sites excluding steroid dienone is 2. The number of hydrogen-bond donors (Lipinski definition) is 3. The molecule has 0 saturated carbocycles. The maximum Gasteiger partial charge on any atom is 0.275 e. The van der Waals surface area contributed by atoms with Crippen molar-refractivity contribution in [2.45, 2.75) is 53.9 Å². The predicted molar refractivity (Wildman–Crippen MR) is 139 cm³/mol. The smallest absolute Gasteiger partial charge is 0.275 e. The number of hydroxylamine groups is 2. The van der Waals surface area contributed by atoms with E-state index in [-0.39, 0.29) is 11.8 Å². The Balaban J connectivity index is 1.96. The number of nitrogens with zero attached hydrogens (tertiary/aromatic N) is 3. The molecule has 1 atom stereocenters. The Morgan fingerprint density at radius 2 is 2.09 bits per heavy atom. The number of rotatable bonds is 12. The first-order valence-electron chi connectivity index (χ1n) is 12.6. The van der Waals surface area contributed by atoms with Crippen molar-refractivity contribution in [1.29, 1.82) is 0 Å². The fourth-order valence-electron chi connectivity index (χ4n) is 3.99. The summed E-state index contributed by atoms with van der Waals surface area (Å²) in [5, 5.41) is 11.4. The van der Waals surface area contributed by atoms with Crippen molar-refractivity contribution in [1.82, 2.24) is 15.4 Å². The van der Waals surface area contributed by atoms with Crippen LogP contribution in [0.5, 0.6) is 5.75 Å². The van der Waals surface area contributed by atoms with E-state index < -0.39 is 0 Å². The van der Waals surface area contributed by atoms with Crippen LogP contribution in [0.25, 0.3) is 0 Å². The molecule has 2 aliphatic rings. The molecule has 192 valence electrons. The molecule has 0 aromatic heterocycles. The Labute approximate surface area is 208 Å². The number of ether oxygens (including phenoxy) is 1. The number of amidine groups is 1. The molecule has 2 heterocycles. The molecule has 3 rings (SSSR count). The lowest BCUT2D eigenvalue weighted by atomic mass is 9.96. The number of hydrogen-bond acceptors (Lipinski definition) is 8. The molecular formula is C26H40N6O3. The number of nitrogens with two attached hydrogens (primary N) is 1. The quantitative estimate of drug-likeness (QED) is 0.305. The summed E-state index contributed by atoms with van der Waals surface area (Å²) in [6.07, 6.45) is 2.56. The summed E-state index contributed by atoms with van der Waals surface area (Å²) >= 11 is 0. The second-order valence-corrected chi connectivity index (χ2v) is 9.16. The lowest BCUT2D eigenvalue weighted by Gasteiger charge is -2.36. The first-order valence-corrected chi connectivity index (χ1v) is 12.6. The maximum atomic E-state index is 13.4. The zero-order chi connectivity index (χ0) is 25.5. The summed E-state index contributed by atoms with van der Waals surface area (Å²) in [6.45, 7) is 17.2. The van der Waals surface area contributed by atoms with Gasteiger partial charge in [-0.1, -0.05) is 33.8 Å². The summed E-state index contributed by atoms with van der Waals surface area (Å²) < 4.78 is 5.86. The molecule has 0 spiro atoms. The number of anilines is 1. The number of carbonyl (C=O) groups excluding carboxylic acids is 1. The molecule has 1 aromatic carbocycles. The zero-order valence-electron chi connectivity index (χ0n) is 21.7. The Hall–Kier alpha value is -2.88. The van der Waals surface area contributed by atoms with Gasteiger partial charge in [0, 0.05) is 24.7 Å². The fraction of sp³-hybridized carbons (Fsp3) is 0.538. The van der Waals surface area contributed by atoms with Gasteiger partial charge >= 0.3 is 0 Å². The molecule has 1 aromatic rings. The second-order valence-electron chi connectivity index (χ2n) is 9.16. The molecule has 9 heteroatoms. The molecule has 1 fully saturated rings. The van der Waals surface area contributed by atoms with Crippen molar-refractivity contribution in [3.8, 4) is 5.75 Å². The van der Waals surface area contributed by atoms with Crippen LogP contribution in [0.3, 0.4) is 0 Å². The number of carbonyl (C=O) groups is 1. The van der Waals surface area contributed by atoms with Crippen molar-refractivity contribution in [3.63, 3.8) is 0 Å². The minimum atomic E-state index is -0.199. The van der Waals surface area contributed by atoms with E-state index in [2.05, 4.69) is 38.1 Å². The van der Waals surface area contributed by atoms with Crippen LogP contribution in [0.1, 0.15) is 59.4 Å². The SMILES string of the molecule is C=C(CCC)N1N=C(c2cc(NON3CC(CN)C3)ccc2OCC)NC(=O)/C1=C(\C)C(C)CC. The number of benzene rings is 1. The van der Waals surface area contributed by atoms with Crippen molar-refractivity contribution in [2.24, 2.45) is 22.7 Å². The topological polar surface area (TPSA) is 104 Å². The minimum absolute atomic E-state index is 0.199. The number of nitrogens with one attached hydrogen (secondary N) is 2. The van der Waals surface area contributed by atoms with E-state index in [1.165, 1.54) is 0 Å². The van der Waals surface area contributed by atoms with Crippen LogP contribution in [0.2, 0.25) is 0 Å². The molecular weight excluding hydrogens is 444 g/mol. The molecule has 9 nitrogen and oxygen atoms in total. The van der Waals surface area contributed by atoms with Gasteiger partial charge in [0.05, 0.1) is 17.9 Å². The Morgan fingerprint density at radius 1 is 1.34 bits per heavy atom.